The van der Waals surface area contributed by atoms with Gasteiger partial charge in [0.05, 0.1) is 0 Å². The summed E-state index contributed by atoms with van der Waals surface area (Å²) in [7, 11) is 0. The summed E-state index contributed by atoms with van der Waals surface area (Å²) in [4.78, 5) is 12.0. The van der Waals surface area contributed by atoms with E-state index in [4.69, 9.17) is 17.0 Å². The minimum Gasteiger partial charge on any atom is -0.381 e. The molecular formula is C19H28N4O2S. The average molecular weight is 377 g/mol. The van der Waals surface area contributed by atoms with Crippen LogP contribution in [-0.4, -0.2) is 40.4 Å². The zero-order chi connectivity index (χ0) is 18.8. The summed E-state index contributed by atoms with van der Waals surface area (Å²) in [6, 6.07) is 8.09. The van der Waals surface area contributed by atoms with Gasteiger partial charge in [0.25, 0.3) is 0 Å². The number of nitrogens with one attached hydrogen (secondary N) is 2. The number of nitrogens with zero attached hydrogens (tertiary/aromatic N) is 2. The predicted molar refractivity (Wildman–Crippen MR) is 106 cm³/mol. The standard InChI is InChI=1S/C19H28N4O2S/c1-3-4-13-25-14-5-11-20-17(24)10-12-23-18(21-22-19(23)26)16-8-6-15(2)7-9-16/h6-9H,3-5,10-14H2,1-2H3,(H,20,24)(H,22,26). The lowest BCUT2D eigenvalue weighted by Crippen LogP contribution is -2.26. The van der Waals surface area contributed by atoms with Crippen LogP contribution in [0.1, 0.15) is 38.2 Å². The molecule has 2 aromatic rings. The topological polar surface area (TPSA) is 71.9 Å². The molecular weight excluding hydrogens is 348 g/mol. The molecule has 142 valence electrons. The van der Waals surface area contributed by atoms with Crippen molar-refractivity contribution in [2.75, 3.05) is 19.8 Å². The Hall–Kier alpha value is -1.99. The number of amides is 1. The SMILES string of the molecule is CCCCOCCCNC(=O)CCn1c(-c2ccc(C)cc2)n[nH]c1=S. The van der Waals surface area contributed by atoms with Crippen LogP contribution in [0.15, 0.2) is 24.3 Å². The van der Waals surface area contributed by atoms with Crippen LogP contribution in [0.5, 0.6) is 0 Å². The third-order valence-corrected chi connectivity index (χ3v) is 4.37. The van der Waals surface area contributed by atoms with E-state index in [0.29, 0.717) is 30.9 Å². The van der Waals surface area contributed by atoms with Crippen molar-refractivity contribution in [3.05, 3.63) is 34.6 Å². The smallest absolute Gasteiger partial charge is 0.221 e. The first kappa shape index (κ1) is 20.3. The molecule has 0 aliphatic rings. The third kappa shape index (κ3) is 6.38. The van der Waals surface area contributed by atoms with Crippen LogP contribution in [0.25, 0.3) is 11.4 Å². The number of aryl methyl sites for hydroxylation is 1. The third-order valence-electron chi connectivity index (χ3n) is 4.06. The normalized spacial score (nSPS) is 10.8. The van der Waals surface area contributed by atoms with E-state index in [1.807, 2.05) is 35.8 Å². The maximum absolute atomic E-state index is 12.0. The first-order valence-corrected chi connectivity index (χ1v) is 9.59. The Labute approximate surface area is 160 Å². The van der Waals surface area contributed by atoms with Gasteiger partial charge in [-0.3, -0.25) is 14.5 Å². The quantitative estimate of drug-likeness (QED) is 0.464. The number of ether oxygens (including phenoxy) is 1. The van der Waals surface area contributed by atoms with E-state index >= 15 is 0 Å². The molecule has 0 bridgehead atoms. The maximum atomic E-state index is 12.0. The second kappa shape index (κ2) is 10.9. The predicted octanol–water partition coefficient (Wildman–Crippen LogP) is 3.63. The molecule has 0 unspecified atom stereocenters. The van der Waals surface area contributed by atoms with E-state index < -0.39 is 0 Å². The number of H-pyrrole nitrogens is 1. The lowest BCUT2D eigenvalue weighted by molar-refractivity contribution is -0.121. The van der Waals surface area contributed by atoms with Crippen molar-refractivity contribution >= 4 is 18.1 Å². The van der Waals surface area contributed by atoms with Gasteiger partial charge in [-0.15, -0.1) is 0 Å². The molecule has 7 heteroatoms. The largest absolute Gasteiger partial charge is 0.381 e. The molecule has 0 fully saturated rings. The number of rotatable bonds is 11. The number of aromatic amines is 1. The number of carbonyl (C=O) groups excluding carboxylic acids is 1. The number of hydrogen-bond donors (Lipinski definition) is 2. The molecule has 0 radical (unpaired) electrons. The van der Waals surface area contributed by atoms with Crippen LogP contribution in [0.4, 0.5) is 0 Å². The number of aromatic nitrogens is 3. The number of unbranched alkanes of at least 4 members (excludes halogenated alkanes) is 1. The van der Waals surface area contributed by atoms with Gasteiger partial charge in [-0.1, -0.05) is 43.2 Å². The Morgan fingerprint density at radius 3 is 2.73 bits per heavy atom. The van der Waals surface area contributed by atoms with Gasteiger partial charge in [0, 0.05) is 38.3 Å². The van der Waals surface area contributed by atoms with E-state index in [0.717, 1.165) is 37.3 Å². The second-order valence-corrected chi connectivity index (χ2v) is 6.68. The van der Waals surface area contributed by atoms with E-state index in [1.165, 1.54) is 5.56 Å². The molecule has 6 nitrogen and oxygen atoms in total. The molecule has 1 aromatic carbocycles. The van der Waals surface area contributed by atoms with Crippen LogP contribution >= 0.6 is 12.2 Å². The van der Waals surface area contributed by atoms with Crippen molar-refractivity contribution in [1.29, 1.82) is 0 Å². The van der Waals surface area contributed by atoms with Crippen molar-refractivity contribution in [2.45, 2.75) is 46.1 Å². The fourth-order valence-corrected chi connectivity index (χ4v) is 2.72. The Balaban J connectivity index is 1.79. The molecule has 2 rings (SSSR count). The van der Waals surface area contributed by atoms with Gasteiger partial charge < -0.3 is 10.1 Å². The average Bonchev–Trinajstić information content (AvgIpc) is 3.00. The van der Waals surface area contributed by atoms with Gasteiger partial charge >= 0.3 is 0 Å². The zero-order valence-electron chi connectivity index (χ0n) is 15.6. The highest BCUT2D eigenvalue weighted by molar-refractivity contribution is 7.71. The van der Waals surface area contributed by atoms with E-state index in [9.17, 15) is 4.79 Å². The van der Waals surface area contributed by atoms with Gasteiger partial charge in [0.15, 0.2) is 10.6 Å². The van der Waals surface area contributed by atoms with Crippen LogP contribution in [0, 0.1) is 11.7 Å². The molecule has 0 aliphatic heterocycles. The summed E-state index contributed by atoms with van der Waals surface area (Å²) >= 11 is 5.30. The van der Waals surface area contributed by atoms with Crippen molar-refractivity contribution in [2.24, 2.45) is 0 Å². The summed E-state index contributed by atoms with van der Waals surface area (Å²) in [5.41, 5.74) is 2.17. The molecule has 1 heterocycles. The van der Waals surface area contributed by atoms with Gasteiger partial charge in [0.1, 0.15) is 0 Å². The summed E-state index contributed by atoms with van der Waals surface area (Å²) in [6.07, 6.45) is 3.41. The van der Waals surface area contributed by atoms with Gasteiger partial charge in [0.2, 0.25) is 5.91 Å². The molecule has 2 N–H and O–H groups in total. The minimum atomic E-state index is 0.0107. The van der Waals surface area contributed by atoms with Crippen molar-refractivity contribution in [3.63, 3.8) is 0 Å². The Morgan fingerprint density at radius 2 is 2.00 bits per heavy atom. The molecule has 0 aliphatic carbocycles. The molecule has 26 heavy (non-hydrogen) atoms. The highest BCUT2D eigenvalue weighted by Gasteiger charge is 2.10. The highest BCUT2D eigenvalue weighted by atomic mass is 32.1. The Morgan fingerprint density at radius 1 is 1.27 bits per heavy atom. The minimum absolute atomic E-state index is 0.0107. The monoisotopic (exact) mass is 376 g/mol. The fraction of sp³-hybridized carbons (Fsp3) is 0.526. The first-order chi connectivity index (χ1) is 12.6. The second-order valence-electron chi connectivity index (χ2n) is 6.29. The number of hydrogen-bond acceptors (Lipinski definition) is 4. The molecule has 0 atom stereocenters. The van der Waals surface area contributed by atoms with Crippen molar-refractivity contribution < 1.29 is 9.53 Å². The number of benzene rings is 1. The van der Waals surface area contributed by atoms with Gasteiger partial charge in [-0.25, -0.2) is 0 Å². The van der Waals surface area contributed by atoms with Gasteiger partial charge in [-0.2, -0.15) is 5.10 Å². The Kier molecular flexibility index (Phi) is 8.50. The molecule has 0 saturated carbocycles. The van der Waals surface area contributed by atoms with Crippen molar-refractivity contribution in [3.8, 4) is 11.4 Å². The number of carbonyl (C=O) groups is 1. The van der Waals surface area contributed by atoms with Crippen LogP contribution in [-0.2, 0) is 16.1 Å². The van der Waals surface area contributed by atoms with Crippen LogP contribution < -0.4 is 5.32 Å². The highest BCUT2D eigenvalue weighted by Crippen LogP contribution is 2.18. The van der Waals surface area contributed by atoms with E-state index in [1.54, 1.807) is 0 Å². The molecule has 0 saturated heterocycles. The summed E-state index contributed by atoms with van der Waals surface area (Å²) in [6.45, 7) is 6.79. The van der Waals surface area contributed by atoms with Gasteiger partial charge in [-0.05, 0) is 32.0 Å². The summed E-state index contributed by atoms with van der Waals surface area (Å²) in [5.74, 6) is 0.767. The lowest BCUT2D eigenvalue weighted by atomic mass is 10.1. The Bertz CT molecular complexity index is 737. The molecule has 0 spiro atoms. The molecule has 1 amide bonds. The molecule has 1 aromatic heterocycles. The van der Waals surface area contributed by atoms with Crippen LogP contribution in [0.2, 0.25) is 0 Å². The van der Waals surface area contributed by atoms with Crippen molar-refractivity contribution in [1.82, 2.24) is 20.1 Å². The lowest BCUT2D eigenvalue weighted by Gasteiger charge is -2.08. The van der Waals surface area contributed by atoms with E-state index in [-0.39, 0.29) is 5.91 Å². The fourth-order valence-electron chi connectivity index (χ4n) is 2.50. The summed E-state index contributed by atoms with van der Waals surface area (Å²) < 4.78 is 7.88. The van der Waals surface area contributed by atoms with E-state index in [2.05, 4.69) is 22.4 Å². The zero-order valence-corrected chi connectivity index (χ0v) is 16.4. The first-order valence-electron chi connectivity index (χ1n) is 9.18. The van der Waals surface area contributed by atoms with Crippen LogP contribution in [0.3, 0.4) is 0 Å². The summed E-state index contributed by atoms with van der Waals surface area (Å²) in [5, 5.41) is 10.0. The maximum Gasteiger partial charge on any atom is 0.221 e.